The Balaban J connectivity index is 2.61. The van der Waals surface area contributed by atoms with Crippen LogP contribution < -0.4 is 0 Å². The SMILES string of the molecule is O=S1(=O)CC(Cl)C1. The summed E-state index contributed by atoms with van der Waals surface area (Å²) in [7, 11) is -2.66. The van der Waals surface area contributed by atoms with Crippen molar-refractivity contribution < 1.29 is 8.42 Å². The van der Waals surface area contributed by atoms with Crippen LogP contribution in [0, 0.1) is 0 Å². The monoisotopic (exact) mass is 140 g/mol. The molecule has 0 bridgehead atoms. The smallest absolute Gasteiger partial charge is 0.153 e. The molecule has 1 heterocycles. The molecule has 42 valence electrons. The second kappa shape index (κ2) is 1.36. The van der Waals surface area contributed by atoms with E-state index in [9.17, 15) is 8.42 Å². The van der Waals surface area contributed by atoms with E-state index in [1.807, 2.05) is 0 Å². The quantitative estimate of drug-likeness (QED) is 0.445. The van der Waals surface area contributed by atoms with Crippen molar-refractivity contribution in [2.75, 3.05) is 11.5 Å². The highest BCUT2D eigenvalue weighted by atomic mass is 35.5. The topological polar surface area (TPSA) is 34.1 Å². The first kappa shape index (κ1) is 5.38. The third kappa shape index (κ3) is 1.07. The van der Waals surface area contributed by atoms with E-state index in [2.05, 4.69) is 0 Å². The fourth-order valence-corrected chi connectivity index (χ4v) is 2.66. The summed E-state index contributed by atoms with van der Waals surface area (Å²) in [5.41, 5.74) is 0. The summed E-state index contributed by atoms with van der Waals surface area (Å²) in [6.07, 6.45) is 0. The molecule has 0 radical (unpaired) electrons. The van der Waals surface area contributed by atoms with E-state index in [1.165, 1.54) is 0 Å². The molecular formula is C3H5ClO2S. The normalized spacial score (nSPS) is 29.3. The summed E-state index contributed by atoms with van der Waals surface area (Å²) in [5.74, 6) is 0.350. The van der Waals surface area contributed by atoms with Gasteiger partial charge in [-0.1, -0.05) is 0 Å². The third-order valence-corrected chi connectivity index (χ3v) is 3.36. The number of sulfone groups is 1. The van der Waals surface area contributed by atoms with Crippen molar-refractivity contribution in [2.45, 2.75) is 5.38 Å². The Bertz CT molecular complexity index is 148. The zero-order valence-corrected chi connectivity index (χ0v) is 5.17. The van der Waals surface area contributed by atoms with Crippen LogP contribution in [0.4, 0.5) is 0 Å². The fraction of sp³-hybridized carbons (Fsp3) is 1.00. The summed E-state index contributed by atoms with van der Waals surface area (Å²) in [4.78, 5) is 0. The highest BCUT2D eigenvalue weighted by Crippen LogP contribution is 2.15. The van der Waals surface area contributed by atoms with Crippen LogP contribution >= 0.6 is 11.6 Å². The molecule has 1 saturated heterocycles. The van der Waals surface area contributed by atoms with Crippen LogP contribution in [0.3, 0.4) is 0 Å². The van der Waals surface area contributed by atoms with Gasteiger partial charge in [-0.15, -0.1) is 11.6 Å². The first-order chi connectivity index (χ1) is 3.10. The van der Waals surface area contributed by atoms with Gasteiger partial charge in [-0.3, -0.25) is 0 Å². The second-order valence-electron chi connectivity index (χ2n) is 1.67. The van der Waals surface area contributed by atoms with Crippen LogP contribution in [0.5, 0.6) is 0 Å². The Morgan fingerprint density at radius 2 is 1.86 bits per heavy atom. The number of alkyl halides is 1. The molecule has 1 aliphatic heterocycles. The molecule has 0 aliphatic carbocycles. The second-order valence-corrected chi connectivity index (χ2v) is 4.45. The number of hydrogen-bond acceptors (Lipinski definition) is 2. The highest BCUT2D eigenvalue weighted by molar-refractivity contribution is 7.93. The average Bonchev–Trinajstić information content (AvgIpc) is 1.27. The standard InChI is InChI=1S/C3H5ClO2S/c4-3-1-7(5,6)2-3/h3H,1-2H2. The molecule has 4 heteroatoms. The van der Waals surface area contributed by atoms with Crippen molar-refractivity contribution in [2.24, 2.45) is 0 Å². The fourth-order valence-electron chi connectivity index (χ4n) is 0.502. The molecule has 0 aromatic rings. The van der Waals surface area contributed by atoms with E-state index >= 15 is 0 Å². The van der Waals surface area contributed by atoms with E-state index in [0.29, 0.717) is 0 Å². The van der Waals surface area contributed by atoms with Crippen molar-refractivity contribution >= 4 is 21.4 Å². The molecule has 1 aliphatic rings. The number of halogens is 1. The van der Waals surface area contributed by atoms with Gasteiger partial charge in [0.25, 0.3) is 0 Å². The predicted molar refractivity (Wildman–Crippen MR) is 28.3 cm³/mol. The summed E-state index contributed by atoms with van der Waals surface area (Å²) in [6, 6.07) is 0. The minimum Gasteiger partial charge on any atom is -0.229 e. The molecule has 0 spiro atoms. The van der Waals surface area contributed by atoms with Gasteiger partial charge in [0.15, 0.2) is 9.84 Å². The molecule has 7 heavy (non-hydrogen) atoms. The zero-order chi connectivity index (χ0) is 5.49. The van der Waals surface area contributed by atoms with Crippen molar-refractivity contribution in [3.05, 3.63) is 0 Å². The van der Waals surface area contributed by atoms with Gasteiger partial charge in [0, 0.05) is 0 Å². The van der Waals surface area contributed by atoms with E-state index in [1.54, 1.807) is 0 Å². The summed E-state index contributed by atoms with van der Waals surface area (Å²) < 4.78 is 20.4. The van der Waals surface area contributed by atoms with Gasteiger partial charge in [-0.05, 0) is 0 Å². The lowest BCUT2D eigenvalue weighted by Crippen LogP contribution is -2.36. The molecule has 0 N–H and O–H groups in total. The lowest BCUT2D eigenvalue weighted by molar-refractivity contribution is 0.581. The van der Waals surface area contributed by atoms with Gasteiger partial charge in [0.2, 0.25) is 0 Å². The van der Waals surface area contributed by atoms with E-state index in [-0.39, 0.29) is 16.9 Å². The van der Waals surface area contributed by atoms with Gasteiger partial charge in [-0.25, -0.2) is 8.42 Å². The van der Waals surface area contributed by atoms with Gasteiger partial charge in [-0.2, -0.15) is 0 Å². The molecule has 1 rings (SSSR count). The highest BCUT2D eigenvalue weighted by Gasteiger charge is 2.30. The predicted octanol–water partition coefficient (Wildman–Crippen LogP) is 0.0222. The van der Waals surface area contributed by atoms with E-state index in [0.717, 1.165) is 0 Å². The Hall–Kier alpha value is 0.240. The minimum atomic E-state index is -2.66. The molecule has 0 amide bonds. The molecule has 0 aromatic carbocycles. The van der Waals surface area contributed by atoms with Crippen LogP contribution in [0.25, 0.3) is 0 Å². The lowest BCUT2D eigenvalue weighted by atomic mass is 10.5. The lowest BCUT2D eigenvalue weighted by Gasteiger charge is -2.17. The van der Waals surface area contributed by atoms with Crippen molar-refractivity contribution in [1.29, 1.82) is 0 Å². The van der Waals surface area contributed by atoms with Gasteiger partial charge in [0.05, 0.1) is 16.9 Å². The maximum Gasteiger partial charge on any atom is 0.153 e. The molecule has 0 aromatic heterocycles. The zero-order valence-electron chi connectivity index (χ0n) is 3.59. The van der Waals surface area contributed by atoms with E-state index in [4.69, 9.17) is 11.6 Å². The summed E-state index contributed by atoms with van der Waals surface area (Å²) in [6.45, 7) is 0. The molecule has 1 fully saturated rings. The minimum absolute atomic E-state index is 0.106. The maximum atomic E-state index is 10.2. The van der Waals surface area contributed by atoms with Crippen LogP contribution in [0.2, 0.25) is 0 Å². The van der Waals surface area contributed by atoms with E-state index < -0.39 is 9.84 Å². The van der Waals surface area contributed by atoms with Crippen LogP contribution in [0.15, 0.2) is 0 Å². The molecule has 0 unspecified atom stereocenters. The molecular weight excluding hydrogens is 136 g/mol. The molecule has 0 saturated carbocycles. The van der Waals surface area contributed by atoms with Crippen molar-refractivity contribution in [1.82, 2.24) is 0 Å². The molecule has 0 atom stereocenters. The Morgan fingerprint density at radius 1 is 1.43 bits per heavy atom. The summed E-state index contributed by atoms with van der Waals surface area (Å²) >= 11 is 5.35. The Morgan fingerprint density at radius 3 is 1.86 bits per heavy atom. The maximum absolute atomic E-state index is 10.2. The van der Waals surface area contributed by atoms with Crippen LogP contribution in [-0.4, -0.2) is 25.3 Å². The average molecular weight is 141 g/mol. The van der Waals surface area contributed by atoms with Crippen LogP contribution in [-0.2, 0) is 9.84 Å². The third-order valence-electron chi connectivity index (χ3n) is 0.870. The van der Waals surface area contributed by atoms with Crippen LogP contribution in [0.1, 0.15) is 0 Å². The largest absolute Gasteiger partial charge is 0.229 e. The van der Waals surface area contributed by atoms with Gasteiger partial charge in [0.1, 0.15) is 0 Å². The van der Waals surface area contributed by atoms with Gasteiger partial charge < -0.3 is 0 Å². The first-order valence-electron chi connectivity index (χ1n) is 1.95. The van der Waals surface area contributed by atoms with Crippen molar-refractivity contribution in [3.63, 3.8) is 0 Å². The van der Waals surface area contributed by atoms with Gasteiger partial charge >= 0.3 is 0 Å². The Labute approximate surface area is 47.4 Å². The van der Waals surface area contributed by atoms with Crippen molar-refractivity contribution in [3.8, 4) is 0 Å². The summed E-state index contributed by atoms with van der Waals surface area (Å²) in [5, 5.41) is -0.106. The first-order valence-corrected chi connectivity index (χ1v) is 4.20. The number of hydrogen-bond donors (Lipinski definition) is 0. The molecule has 2 nitrogen and oxygen atoms in total. The number of rotatable bonds is 0. The Kier molecular flexibility index (Phi) is 1.04.